The standard InChI is InChI=1S/C56H45F2N5O9S/c1-32-26-48-42(29-44(32)57)50(43-30-45(58)47(64)31-49(43)72-48)39-22-18-35(27-40(39)56(68)69)54(66)60-25-11-3-2-10-24-59-53(65)34-16-19-36(20-17-34)61-52(33-12-6-4-7-13-33)51-41-28-37(21-23-46(41)62-55(51)67)63-73(70,71)38-14-8-5-9-15-38/h4-9,12-23,26-31,62-64,67H,1-3,10-11,24-25H2,(H,59,65)(H,60,66)(H,68,69). The van der Waals surface area contributed by atoms with Gasteiger partial charge >= 0.3 is 5.97 Å². The number of phenols is 1. The topological polar surface area (TPSA) is 220 Å². The van der Waals surface area contributed by atoms with Crippen molar-refractivity contribution < 1.29 is 51.6 Å². The zero-order valence-corrected chi connectivity index (χ0v) is 39.5. The number of nitrogens with one attached hydrogen (secondary N) is 4. The van der Waals surface area contributed by atoms with Gasteiger partial charge in [0.05, 0.1) is 27.4 Å². The Morgan fingerprint density at radius 3 is 2.01 bits per heavy atom. The molecule has 14 nitrogen and oxygen atoms in total. The SMILES string of the molecule is C=c1cc2c(cc1F)=C(c1ccc(C(=O)NCCCCCCNC(=O)c3ccc(N=C(c4ccccc4)c4c(O)[nH]c5ccc(NS(=O)(=O)c6ccccc6)cc45)cc3)cc1C(=O)O)c1cc(F)c(O)cc1O2. The summed E-state index contributed by atoms with van der Waals surface area (Å²) >= 11 is 0. The maximum atomic E-state index is 14.8. The van der Waals surface area contributed by atoms with Crippen LogP contribution in [0.5, 0.6) is 23.1 Å². The molecule has 1 aliphatic heterocycles. The molecule has 0 saturated carbocycles. The summed E-state index contributed by atoms with van der Waals surface area (Å²) in [4.78, 5) is 46.9. The lowest BCUT2D eigenvalue weighted by atomic mass is 9.88. The molecule has 73 heavy (non-hydrogen) atoms. The second kappa shape index (κ2) is 20.7. The van der Waals surface area contributed by atoms with Crippen molar-refractivity contribution in [1.82, 2.24) is 15.6 Å². The fourth-order valence-corrected chi connectivity index (χ4v) is 9.59. The van der Waals surface area contributed by atoms with Crippen molar-refractivity contribution in [2.45, 2.75) is 30.6 Å². The van der Waals surface area contributed by atoms with Crippen molar-refractivity contribution >= 4 is 67.9 Å². The van der Waals surface area contributed by atoms with Crippen LogP contribution in [0.15, 0.2) is 155 Å². The van der Waals surface area contributed by atoms with Gasteiger partial charge in [-0.05, 0) is 103 Å². The molecule has 0 bridgehead atoms. The van der Waals surface area contributed by atoms with Gasteiger partial charge in [0.1, 0.15) is 17.3 Å². The van der Waals surface area contributed by atoms with Crippen molar-refractivity contribution in [2.75, 3.05) is 17.8 Å². The number of hydrogen-bond donors (Lipinski definition) is 7. The molecule has 0 radical (unpaired) electrons. The predicted molar refractivity (Wildman–Crippen MR) is 273 cm³/mol. The van der Waals surface area contributed by atoms with Crippen molar-refractivity contribution in [3.8, 4) is 23.1 Å². The number of aromatic carboxylic acids is 1. The first-order valence-corrected chi connectivity index (χ1v) is 24.5. The van der Waals surface area contributed by atoms with E-state index in [9.17, 15) is 46.9 Å². The summed E-state index contributed by atoms with van der Waals surface area (Å²) in [6.45, 7) is 4.34. The van der Waals surface area contributed by atoms with Gasteiger partial charge in [-0.25, -0.2) is 27.0 Å². The molecule has 0 unspecified atom stereocenters. The number of aromatic hydroxyl groups is 2. The van der Waals surface area contributed by atoms with Gasteiger partial charge in [0.25, 0.3) is 21.8 Å². The van der Waals surface area contributed by atoms with Gasteiger partial charge in [0, 0.05) is 74.0 Å². The fourth-order valence-electron chi connectivity index (χ4n) is 8.52. The quantitative estimate of drug-likeness (QED) is 0.0341. The highest BCUT2D eigenvalue weighted by Crippen LogP contribution is 2.40. The van der Waals surface area contributed by atoms with Crippen LogP contribution in [-0.2, 0) is 10.0 Å². The smallest absolute Gasteiger partial charge is 0.336 e. The van der Waals surface area contributed by atoms with Gasteiger partial charge in [0.15, 0.2) is 17.4 Å². The van der Waals surface area contributed by atoms with Crippen molar-refractivity contribution in [3.05, 3.63) is 207 Å². The maximum absolute atomic E-state index is 14.8. The average molecular weight is 1000 g/mol. The van der Waals surface area contributed by atoms with Crippen LogP contribution in [0.4, 0.5) is 20.2 Å². The first-order chi connectivity index (χ1) is 35.1. The summed E-state index contributed by atoms with van der Waals surface area (Å²) < 4.78 is 64.2. The molecular formula is C56H45F2N5O9S. The minimum Gasteiger partial charge on any atom is -0.505 e. The Morgan fingerprint density at radius 2 is 1.33 bits per heavy atom. The van der Waals surface area contributed by atoms with E-state index in [1.54, 1.807) is 60.7 Å². The Balaban J connectivity index is 0.797. The lowest BCUT2D eigenvalue weighted by molar-refractivity contribution is 0.0696. The van der Waals surface area contributed by atoms with E-state index in [1.807, 2.05) is 30.3 Å². The average Bonchev–Trinajstić information content (AvgIpc) is 3.71. The van der Waals surface area contributed by atoms with Crippen LogP contribution in [0, 0.1) is 11.6 Å². The molecule has 0 saturated heterocycles. The molecule has 0 fully saturated rings. The molecule has 0 atom stereocenters. The third kappa shape index (κ3) is 10.5. The summed E-state index contributed by atoms with van der Waals surface area (Å²) in [5, 5.41) is 37.9. The third-order valence-electron chi connectivity index (χ3n) is 12.2. The number of fused-ring (bicyclic) bond motifs is 3. The number of carbonyl (C=O) groups excluding carboxylic acids is 2. The van der Waals surface area contributed by atoms with Crippen molar-refractivity contribution in [1.29, 1.82) is 0 Å². The first kappa shape index (κ1) is 48.9. The van der Waals surface area contributed by atoms with Crippen LogP contribution in [0.1, 0.15) is 79.0 Å². The monoisotopic (exact) mass is 1000 g/mol. The molecular weight excluding hydrogens is 957 g/mol. The summed E-state index contributed by atoms with van der Waals surface area (Å²) in [6.07, 6.45) is 2.73. The third-order valence-corrected chi connectivity index (χ3v) is 13.5. The van der Waals surface area contributed by atoms with E-state index < -0.39 is 39.3 Å². The molecule has 368 valence electrons. The second-order valence-electron chi connectivity index (χ2n) is 17.1. The molecule has 8 aromatic rings. The van der Waals surface area contributed by atoms with Crippen molar-refractivity contribution in [3.63, 3.8) is 0 Å². The fraction of sp³-hybridized carbons (Fsp3) is 0.107. The molecule has 2 amide bonds. The molecule has 7 aromatic carbocycles. The van der Waals surface area contributed by atoms with E-state index in [0.717, 1.165) is 31.0 Å². The van der Waals surface area contributed by atoms with Crippen LogP contribution in [0.3, 0.4) is 0 Å². The summed E-state index contributed by atoms with van der Waals surface area (Å²) in [7, 11) is -3.89. The number of carbonyl (C=O) groups is 3. The zero-order valence-electron chi connectivity index (χ0n) is 38.7. The Hall–Kier alpha value is -9.09. The maximum Gasteiger partial charge on any atom is 0.336 e. The lowest BCUT2D eigenvalue weighted by Crippen LogP contribution is -2.26. The van der Waals surface area contributed by atoms with E-state index in [2.05, 4.69) is 26.9 Å². The number of benzene rings is 7. The number of amides is 2. The van der Waals surface area contributed by atoms with Crippen LogP contribution >= 0.6 is 0 Å². The molecule has 1 aliphatic rings. The number of unbranched alkanes of at least 4 members (excludes halogenated alkanes) is 3. The largest absolute Gasteiger partial charge is 0.505 e. The highest BCUT2D eigenvalue weighted by Gasteiger charge is 2.27. The van der Waals surface area contributed by atoms with Gasteiger partial charge < -0.3 is 35.7 Å². The van der Waals surface area contributed by atoms with Gasteiger partial charge in [0.2, 0.25) is 0 Å². The molecule has 17 heteroatoms. The number of anilines is 1. The van der Waals surface area contributed by atoms with E-state index >= 15 is 0 Å². The number of phenolic OH excluding ortho intramolecular Hbond substituents is 1. The van der Waals surface area contributed by atoms with Gasteiger partial charge in [-0.15, -0.1) is 0 Å². The highest BCUT2D eigenvalue weighted by atomic mass is 32.2. The predicted octanol–water partition coefficient (Wildman–Crippen LogP) is 9.01. The number of hydrogen-bond acceptors (Lipinski definition) is 9. The Bertz CT molecular complexity index is 3740. The number of ether oxygens (including phenoxy) is 1. The minimum atomic E-state index is -3.89. The number of H-pyrrole nitrogens is 1. The van der Waals surface area contributed by atoms with E-state index in [-0.39, 0.29) is 78.7 Å². The summed E-state index contributed by atoms with van der Waals surface area (Å²) in [5.41, 5.74) is 3.22. The zero-order chi connectivity index (χ0) is 51.4. The highest BCUT2D eigenvalue weighted by molar-refractivity contribution is 7.92. The number of aromatic amines is 1. The van der Waals surface area contributed by atoms with Gasteiger partial charge in [-0.3, -0.25) is 14.3 Å². The van der Waals surface area contributed by atoms with E-state index in [0.29, 0.717) is 58.4 Å². The number of carboxylic acid groups (broad SMARTS) is 1. The van der Waals surface area contributed by atoms with Crippen LogP contribution in [-0.4, -0.2) is 65.3 Å². The molecule has 9 rings (SSSR count). The Labute approximate surface area is 416 Å². The van der Waals surface area contributed by atoms with Crippen LogP contribution < -0.4 is 30.5 Å². The summed E-state index contributed by atoms with van der Waals surface area (Å²) in [6, 6.07) is 37.2. The number of carboxylic acids is 1. The lowest BCUT2D eigenvalue weighted by Gasteiger charge is -2.23. The molecule has 1 aromatic heterocycles. The second-order valence-corrected chi connectivity index (χ2v) is 18.8. The number of nitrogens with zero attached hydrogens (tertiary/aromatic N) is 1. The van der Waals surface area contributed by atoms with Gasteiger partial charge in [-0.1, -0.05) is 74.0 Å². The Morgan fingerprint density at radius 1 is 0.671 bits per heavy atom. The van der Waals surface area contributed by atoms with E-state index in [1.165, 1.54) is 36.4 Å². The Kier molecular flexibility index (Phi) is 13.9. The number of halogens is 2. The van der Waals surface area contributed by atoms with Crippen LogP contribution in [0.2, 0.25) is 0 Å². The number of rotatable bonds is 17. The first-order valence-electron chi connectivity index (χ1n) is 23.0. The number of aliphatic imine (C=N–C) groups is 1. The molecule has 7 N–H and O–H groups in total. The van der Waals surface area contributed by atoms with Crippen molar-refractivity contribution in [2.24, 2.45) is 4.99 Å². The van der Waals surface area contributed by atoms with Gasteiger partial charge in [-0.2, -0.15) is 0 Å². The van der Waals surface area contributed by atoms with E-state index in [4.69, 9.17) is 9.73 Å². The summed E-state index contributed by atoms with van der Waals surface area (Å²) in [5.74, 6) is -4.62. The molecule has 0 spiro atoms. The number of sulfonamides is 1. The molecule has 0 aliphatic carbocycles. The van der Waals surface area contributed by atoms with Crippen LogP contribution in [0.25, 0.3) is 23.1 Å². The minimum absolute atomic E-state index is 0.00708. The molecule has 2 heterocycles. The number of aromatic nitrogens is 1. The normalized spacial score (nSPS) is 12.1.